The van der Waals surface area contributed by atoms with Gasteiger partial charge < -0.3 is 33.8 Å². The van der Waals surface area contributed by atoms with Gasteiger partial charge in [0.2, 0.25) is 0 Å². The first-order valence-corrected chi connectivity index (χ1v) is 40.7. The van der Waals surface area contributed by atoms with E-state index in [0.717, 1.165) is 109 Å². The lowest BCUT2D eigenvalue weighted by Gasteiger charge is -2.21. The monoisotopic (exact) mass is 1340 g/mol. The Labute approximate surface area is 556 Å². The lowest BCUT2D eigenvalue weighted by Crippen LogP contribution is -2.30. The molecule has 0 aromatic rings. The minimum atomic E-state index is -4.95. The van der Waals surface area contributed by atoms with Crippen LogP contribution in [0, 0.1) is 5.92 Å². The minimum Gasteiger partial charge on any atom is -0.462 e. The number of aliphatic hydroxyl groups excluding tert-OH is 1. The van der Waals surface area contributed by atoms with Gasteiger partial charge in [0.25, 0.3) is 0 Å². The maximum Gasteiger partial charge on any atom is 0.472 e. The molecular weight excluding hydrogens is 1200 g/mol. The summed E-state index contributed by atoms with van der Waals surface area (Å²) in [5.41, 5.74) is 0. The first kappa shape index (κ1) is 89.1. The van der Waals surface area contributed by atoms with Crippen molar-refractivity contribution in [3.63, 3.8) is 0 Å². The fourth-order valence-electron chi connectivity index (χ4n) is 11.0. The third-order valence-electron chi connectivity index (χ3n) is 17.1. The summed E-state index contributed by atoms with van der Waals surface area (Å²) in [4.78, 5) is 72.4. The fraction of sp³-hybridized carbons (Fsp3) is 0.944. The number of phosphoric acid groups is 2. The highest BCUT2D eigenvalue weighted by atomic mass is 31.2. The number of carbonyl (C=O) groups excluding carboxylic acids is 4. The molecule has 0 spiro atoms. The lowest BCUT2D eigenvalue weighted by molar-refractivity contribution is -0.161. The number of rotatable bonds is 72. The number of carbonyl (C=O) groups is 4. The van der Waals surface area contributed by atoms with E-state index in [1.54, 1.807) is 0 Å². The van der Waals surface area contributed by atoms with Gasteiger partial charge in [0.1, 0.15) is 19.3 Å². The van der Waals surface area contributed by atoms with Crippen LogP contribution in [-0.2, 0) is 65.4 Å². The van der Waals surface area contributed by atoms with Gasteiger partial charge in [-0.05, 0) is 31.6 Å². The molecule has 0 aromatic heterocycles. The van der Waals surface area contributed by atoms with E-state index in [9.17, 15) is 43.2 Å². The second-order valence-electron chi connectivity index (χ2n) is 26.2. The van der Waals surface area contributed by atoms with Crippen LogP contribution in [0.5, 0.6) is 0 Å². The van der Waals surface area contributed by atoms with Gasteiger partial charge >= 0.3 is 39.5 Å². The maximum atomic E-state index is 13.0. The standard InChI is InChI=1S/C72H140O17P2/c1-6-10-13-16-19-21-23-24-25-26-27-28-29-30-31-32-38-43-48-53-58-72(77)89-68(62-83-70(75)56-51-46-41-37-34-33-35-40-44-49-54-65(5)9-4)64-87-91(80,81)85-60-66(73)59-84-90(78,79)86-63-67(61-82-69(74)55-50-45-39-18-15-12-8-3)88-71(76)57-52-47-42-36-22-20-17-14-11-7-2/h65-68,73H,6-64H2,1-5H3,(H,78,79)(H,80,81)/t65?,66-,67+,68+/m0/s1. The zero-order chi connectivity index (χ0) is 67.0. The van der Waals surface area contributed by atoms with Crippen molar-refractivity contribution < 1.29 is 80.2 Å². The number of esters is 4. The van der Waals surface area contributed by atoms with Gasteiger partial charge in [-0.3, -0.25) is 37.3 Å². The molecule has 0 rings (SSSR count). The third-order valence-corrected chi connectivity index (χ3v) is 19.0. The average Bonchev–Trinajstić information content (AvgIpc) is 3.54. The molecule has 3 unspecified atom stereocenters. The number of ether oxygens (including phenoxy) is 4. The molecule has 3 N–H and O–H groups in total. The van der Waals surface area contributed by atoms with Gasteiger partial charge in [-0.2, -0.15) is 0 Å². The van der Waals surface area contributed by atoms with Crippen LogP contribution >= 0.6 is 15.6 Å². The predicted molar refractivity (Wildman–Crippen MR) is 368 cm³/mol. The Hall–Kier alpha value is -1.94. The summed E-state index contributed by atoms with van der Waals surface area (Å²) in [7, 11) is -9.89. The van der Waals surface area contributed by atoms with Crippen LogP contribution in [0.4, 0.5) is 0 Å². The van der Waals surface area contributed by atoms with Crippen LogP contribution in [0.1, 0.15) is 375 Å². The SMILES string of the molecule is CCCCCCCCCCCCCCCCCCCCCCC(=O)O[C@H](COC(=O)CCCCCCCCCCCCC(C)CC)COP(=O)(O)OC[C@@H](O)COP(=O)(O)OC[C@@H](COC(=O)CCCCCCCCC)OC(=O)CCCCCCCCCCCC. The molecule has 0 aliphatic carbocycles. The van der Waals surface area contributed by atoms with E-state index < -0.39 is 97.5 Å². The molecule has 0 heterocycles. The van der Waals surface area contributed by atoms with E-state index in [1.165, 1.54) is 186 Å². The molecule has 0 aliphatic heterocycles. The largest absolute Gasteiger partial charge is 0.472 e. The summed E-state index contributed by atoms with van der Waals surface area (Å²) in [5.74, 6) is -1.32. The van der Waals surface area contributed by atoms with Crippen molar-refractivity contribution >= 4 is 39.5 Å². The Morgan fingerprint density at radius 3 is 0.780 bits per heavy atom. The van der Waals surface area contributed by atoms with Crippen LogP contribution in [0.15, 0.2) is 0 Å². The third kappa shape index (κ3) is 65.1. The Morgan fingerprint density at radius 2 is 0.527 bits per heavy atom. The maximum absolute atomic E-state index is 13.0. The van der Waals surface area contributed by atoms with E-state index >= 15 is 0 Å². The Balaban J connectivity index is 5.17. The molecule has 91 heavy (non-hydrogen) atoms. The van der Waals surface area contributed by atoms with E-state index in [2.05, 4.69) is 34.6 Å². The number of hydrogen-bond donors (Lipinski definition) is 3. The highest BCUT2D eigenvalue weighted by molar-refractivity contribution is 7.47. The van der Waals surface area contributed by atoms with Gasteiger partial charge in [-0.15, -0.1) is 0 Å². The molecule has 0 aliphatic rings. The van der Waals surface area contributed by atoms with Crippen molar-refractivity contribution in [3.05, 3.63) is 0 Å². The zero-order valence-electron chi connectivity index (χ0n) is 59.0. The highest BCUT2D eigenvalue weighted by Crippen LogP contribution is 2.45. The van der Waals surface area contributed by atoms with Crippen molar-refractivity contribution in [2.75, 3.05) is 39.6 Å². The van der Waals surface area contributed by atoms with Crippen molar-refractivity contribution in [2.45, 2.75) is 393 Å². The van der Waals surface area contributed by atoms with Crippen LogP contribution < -0.4 is 0 Å². The Kier molecular flexibility index (Phi) is 64.0. The first-order valence-electron chi connectivity index (χ1n) is 37.7. The molecule has 540 valence electrons. The van der Waals surface area contributed by atoms with E-state index in [1.807, 2.05) is 0 Å². The predicted octanol–water partition coefficient (Wildman–Crippen LogP) is 20.9. The summed E-state index contributed by atoms with van der Waals surface area (Å²) in [6.45, 7) is 7.24. The van der Waals surface area contributed by atoms with Gasteiger partial charge in [0.05, 0.1) is 26.4 Å². The smallest absolute Gasteiger partial charge is 0.462 e. The number of phosphoric ester groups is 2. The lowest BCUT2D eigenvalue weighted by atomic mass is 9.99. The highest BCUT2D eigenvalue weighted by Gasteiger charge is 2.30. The topological polar surface area (TPSA) is 237 Å². The van der Waals surface area contributed by atoms with Gasteiger partial charge in [-0.25, -0.2) is 9.13 Å². The molecule has 0 saturated carbocycles. The number of hydrogen-bond acceptors (Lipinski definition) is 15. The number of unbranched alkanes of at least 4 members (excludes halogenated alkanes) is 43. The second-order valence-corrected chi connectivity index (χ2v) is 29.1. The van der Waals surface area contributed by atoms with E-state index in [0.29, 0.717) is 25.7 Å². The Bertz CT molecular complexity index is 1760. The first-order chi connectivity index (χ1) is 44.1. The summed E-state index contributed by atoms with van der Waals surface area (Å²) in [6, 6.07) is 0. The van der Waals surface area contributed by atoms with Gasteiger partial charge in [0, 0.05) is 25.7 Å². The molecule has 0 fully saturated rings. The molecular formula is C72H140O17P2. The Morgan fingerprint density at radius 1 is 0.308 bits per heavy atom. The quantitative estimate of drug-likeness (QED) is 0.0222. The molecule has 0 saturated heterocycles. The summed E-state index contributed by atoms with van der Waals surface area (Å²) in [5, 5.41) is 10.6. The summed E-state index contributed by atoms with van der Waals surface area (Å²) in [6.07, 6.45) is 52.9. The van der Waals surface area contributed by atoms with Crippen molar-refractivity contribution in [1.29, 1.82) is 0 Å². The molecule has 0 amide bonds. The average molecular weight is 1340 g/mol. The van der Waals surface area contributed by atoms with Gasteiger partial charge in [-0.1, -0.05) is 324 Å². The molecule has 19 heteroatoms. The second kappa shape index (κ2) is 65.4. The molecule has 0 aromatic carbocycles. The summed E-state index contributed by atoms with van der Waals surface area (Å²) < 4.78 is 68.2. The van der Waals surface area contributed by atoms with Crippen LogP contribution in [0.3, 0.4) is 0 Å². The molecule has 17 nitrogen and oxygen atoms in total. The van der Waals surface area contributed by atoms with Gasteiger partial charge in [0.15, 0.2) is 12.2 Å². The van der Waals surface area contributed by atoms with Crippen molar-refractivity contribution in [1.82, 2.24) is 0 Å². The van der Waals surface area contributed by atoms with Crippen molar-refractivity contribution in [2.24, 2.45) is 5.92 Å². The number of aliphatic hydroxyl groups is 1. The van der Waals surface area contributed by atoms with Crippen molar-refractivity contribution in [3.8, 4) is 0 Å². The van der Waals surface area contributed by atoms with E-state index in [-0.39, 0.29) is 25.7 Å². The molecule has 0 bridgehead atoms. The molecule has 0 radical (unpaired) electrons. The minimum absolute atomic E-state index is 0.106. The normalized spacial score (nSPS) is 14.3. The summed E-state index contributed by atoms with van der Waals surface area (Å²) >= 11 is 0. The molecule has 6 atom stereocenters. The van der Waals surface area contributed by atoms with Crippen LogP contribution in [-0.4, -0.2) is 96.7 Å². The van der Waals surface area contributed by atoms with Crippen LogP contribution in [0.25, 0.3) is 0 Å². The fourth-order valence-corrected chi connectivity index (χ4v) is 12.5. The zero-order valence-corrected chi connectivity index (χ0v) is 60.8. The van der Waals surface area contributed by atoms with E-state index in [4.69, 9.17) is 37.0 Å². The van der Waals surface area contributed by atoms with Crippen LogP contribution in [0.2, 0.25) is 0 Å².